The lowest BCUT2D eigenvalue weighted by Crippen LogP contribution is -2.23. The molecule has 152 valence electrons. The third kappa shape index (κ3) is 4.23. The number of hydrogen-bond acceptors (Lipinski definition) is 5. The molecule has 0 unspecified atom stereocenters. The summed E-state index contributed by atoms with van der Waals surface area (Å²) < 4.78 is 27.1. The van der Waals surface area contributed by atoms with Gasteiger partial charge in [-0.1, -0.05) is 64.9 Å². The molecule has 0 saturated carbocycles. The van der Waals surface area contributed by atoms with Crippen LogP contribution < -0.4 is 4.83 Å². The Bertz CT molecular complexity index is 1310. The molecule has 8 heteroatoms. The van der Waals surface area contributed by atoms with Gasteiger partial charge in [-0.25, -0.2) is 4.68 Å². The summed E-state index contributed by atoms with van der Waals surface area (Å²) >= 11 is 0. The van der Waals surface area contributed by atoms with Crippen LogP contribution in [0.15, 0.2) is 82.8 Å². The first-order chi connectivity index (χ1) is 14.4. The first kappa shape index (κ1) is 19.8. The molecule has 0 bridgehead atoms. The zero-order chi connectivity index (χ0) is 21.1. The first-order valence-electron chi connectivity index (χ1n) is 9.43. The number of fused-ring (bicyclic) bond motifs is 1. The largest absolute Gasteiger partial charge is 0.276 e. The van der Waals surface area contributed by atoms with Crippen LogP contribution in [0, 0.1) is 13.8 Å². The molecule has 3 aromatic carbocycles. The number of hydrogen-bond donors (Lipinski definition) is 1. The summed E-state index contributed by atoms with van der Waals surface area (Å²) in [5.41, 5.74) is 5.02. The molecule has 4 rings (SSSR count). The van der Waals surface area contributed by atoms with Gasteiger partial charge in [0.25, 0.3) is 10.0 Å². The zero-order valence-electron chi connectivity index (χ0n) is 16.6. The number of aryl methyl sites for hydroxylation is 2. The molecule has 0 aliphatic heterocycles. The number of hydrazone groups is 1. The Hall–Kier alpha value is -3.52. The van der Waals surface area contributed by atoms with E-state index in [-0.39, 0.29) is 11.4 Å². The minimum absolute atomic E-state index is 0.159. The van der Waals surface area contributed by atoms with E-state index in [1.807, 2.05) is 62.4 Å². The SMILES string of the molecule is Cc1ccc(/C(Cn2nnc3ccccc32)=N\NS(=O)(=O)c2ccc(C)cc2)cc1. The summed E-state index contributed by atoms with van der Waals surface area (Å²) in [6.45, 7) is 4.16. The Kier molecular flexibility index (Phi) is 5.33. The van der Waals surface area contributed by atoms with Crippen LogP contribution in [0.1, 0.15) is 16.7 Å². The maximum Gasteiger partial charge on any atom is 0.276 e. The van der Waals surface area contributed by atoms with Crippen LogP contribution in [0.2, 0.25) is 0 Å². The van der Waals surface area contributed by atoms with E-state index in [4.69, 9.17) is 0 Å². The van der Waals surface area contributed by atoms with Crippen LogP contribution in [0.3, 0.4) is 0 Å². The van der Waals surface area contributed by atoms with E-state index in [0.29, 0.717) is 5.71 Å². The van der Waals surface area contributed by atoms with E-state index in [2.05, 4.69) is 20.2 Å². The second-order valence-electron chi connectivity index (χ2n) is 7.07. The maximum absolute atomic E-state index is 12.7. The van der Waals surface area contributed by atoms with Crippen molar-refractivity contribution in [1.82, 2.24) is 19.8 Å². The highest BCUT2D eigenvalue weighted by atomic mass is 32.2. The van der Waals surface area contributed by atoms with Crippen molar-refractivity contribution in [3.05, 3.63) is 89.5 Å². The van der Waals surface area contributed by atoms with Crippen molar-refractivity contribution >= 4 is 26.8 Å². The number of sulfonamides is 1. The molecule has 0 saturated heterocycles. The summed E-state index contributed by atoms with van der Waals surface area (Å²) in [7, 11) is -3.79. The lowest BCUT2D eigenvalue weighted by atomic mass is 10.1. The number of nitrogens with one attached hydrogen (secondary N) is 1. The Labute approximate surface area is 175 Å². The van der Waals surface area contributed by atoms with Gasteiger partial charge < -0.3 is 0 Å². The van der Waals surface area contributed by atoms with Crippen molar-refractivity contribution < 1.29 is 8.42 Å². The zero-order valence-corrected chi connectivity index (χ0v) is 17.5. The van der Waals surface area contributed by atoms with Gasteiger partial charge in [-0.05, 0) is 43.7 Å². The van der Waals surface area contributed by atoms with Crippen LogP contribution in [-0.2, 0) is 16.6 Å². The van der Waals surface area contributed by atoms with Crippen molar-refractivity contribution in [2.75, 3.05) is 0 Å². The quantitative estimate of drug-likeness (QED) is 0.383. The summed E-state index contributed by atoms with van der Waals surface area (Å²) in [6.07, 6.45) is 0. The molecular weight excluding hydrogens is 398 g/mol. The number of aromatic nitrogens is 3. The average Bonchev–Trinajstić information content (AvgIpc) is 3.15. The van der Waals surface area contributed by atoms with Gasteiger partial charge in [-0.2, -0.15) is 18.4 Å². The molecule has 1 heterocycles. The molecule has 0 aliphatic carbocycles. The van der Waals surface area contributed by atoms with Gasteiger partial charge in [0.2, 0.25) is 0 Å². The fraction of sp³-hybridized carbons (Fsp3) is 0.136. The fourth-order valence-electron chi connectivity index (χ4n) is 3.00. The Balaban J connectivity index is 1.69. The molecule has 0 amide bonds. The minimum Gasteiger partial charge on any atom is -0.239 e. The van der Waals surface area contributed by atoms with Gasteiger partial charge in [0.05, 0.1) is 22.7 Å². The van der Waals surface area contributed by atoms with Crippen LogP contribution in [0.4, 0.5) is 0 Å². The van der Waals surface area contributed by atoms with Gasteiger partial charge in [-0.3, -0.25) is 0 Å². The van der Waals surface area contributed by atoms with E-state index in [9.17, 15) is 8.42 Å². The number of nitrogens with zero attached hydrogens (tertiary/aromatic N) is 4. The van der Waals surface area contributed by atoms with Gasteiger partial charge >= 0.3 is 0 Å². The molecule has 1 aromatic heterocycles. The van der Waals surface area contributed by atoms with Crippen molar-refractivity contribution in [1.29, 1.82) is 0 Å². The number of para-hydroxylation sites is 1. The first-order valence-corrected chi connectivity index (χ1v) is 10.9. The van der Waals surface area contributed by atoms with Crippen molar-refractivity contribution in [2.24, 2.45) is 5.10 Å². The van der Waals surface area contributed by atoms with Crippen LogP contribution in [0.5, 0.6) is 0 Å². The summed E-state index contributed by atoms with van der Waals surface area (Å²) in [5, 5.41) is 12.6. The van der Waals surface area contributed by atoms with E-state index in [0.717, 1.165) is 27.7 Å². The van der Waals surface area contributed by atoms with Gasteiger partial charge in [0.15, 0.2) is 0 Å². The molecule has 0 fully saturated rings. The third-order valence-electron chi connectivity index (χ3n) is 4.74. The lowest BCUT2D eigenvalue weighted by molar-refractivity contribution is 0.584. The van der Waals surface area contributed by atoms with Gasteiger partial charge in [0, 0.05) is 0 Å². The fourth-order valence-corrected chi connectivity index (χ4v) is 3.83. The Morgan fingerprint density at radius 1 is 0.933 bits per heavy atom. The molecule has 0 atom stereocenters. The monoisotopic (exact) mass is 419 g/mol. The highest BCUT2D eigenvalue weighted by molar-refractivity contribution is 7.89. The number of benzene rings is 3. The molecule has 30 heavy (non-hydrogen) atoms. The van der Waals surface area contributed by atoms with E-state index >= 15 is 0 Å². The van der Waals surface area contributed by atoms with Gasteiger partial charge in [-0.15, -0.1) is 5.10 Å². The van der Waals surface area contributed by atoms with Crippen molar-refractivity contribution in [3.8, 4) is 0 Å². The standard InChI is InChI=1S/C22H21N5O2S/c1-16-7-11-18(12-8-16)21(15-27-22-6-4-3-5-20(22)23-25-27)24-26-30(28,29)19-13-9-17(2)10-14-19/h3-14,26H,15H2,1-2H3/b24-21-. The second kappa shape index (κ2) is 8.08. The minimum atomic E-state index is -3.79. The highest BCUT2D eigenvalue weighted by Gasteiger charge is 2.15. The maximum atomic E-state index is 12.7. The van der Waals surface area contributed by atoms with Crippen LogP contribution in [0.25, 0.3) is 11.0 Å². The molecule has 4 aromatic rings. The Morgan fingerprint density at radius 2 is 1.57 bits per heavy atom. The molecular formula is C22H21N5O2S. The average molecular weight is 420 g/mol. The summed E-state index contributed by atoms with van der Waals surface area (Å²) in [5.74, 6) is 0. The predicted molar refractivity (Wildman–Crippen MR) is 117 cm³/mol. The van der Waals surface area contributed by atoms with E-state index in [1.54, 1.807) is 28.9 Å². The molecule has 1 N–H and O–H groups in total. The third-order valence-corrected chi connectivity index (χ3v) is 5.96. The topological polar surface area (TPSA) is 89.2 Å². The van der Waals surface area contributed by atoms with Crippen LogP contribution in [-0.4, -0.2) is 29.1 Å². The summed E-state index contributed by atoms with van der Waals surface area (Å²) in [4.78, 5) is 2.53. The van der Waals surface area contributed by atoms with E-state index < -0.39 is 10.0 Å². The highest BCUT2D eigenvalue weighted by Crippen LogP contribution is 2.14. The summed E-state index contributed by atoms with van der Waals surface area (Å²) in [6, 6.07) is 21.9. The lowest BCUT2D eigenvalue weighted by Gasteiger charge is -2.10. The second-order valence-corrected chi connectivity index (χ2v) is 8.73. The Morgan fingerprint density at radius 3 is 2.27 bits per heavy atom. The number of rotatable bonds is 6. The predicted octanol–water partition coefficient (Wildman–Crippen LogP) is 3.43. The molecule has 0 aliphatic rings. The van der Waals surface area contributed by atoms with Crippen molar-refractivity contribution in [3.63, 3.8) is 0 Å². The smallest absolute Gasteiger partial charge is 0.239 e. The molecule has 7 nitrogen and oxygen atoms in total. The van der Waals surface area contributed by atoms with Gasteiger partial charge in [0.1, 0.15) is 5.52 Å². The van der Waals surface area contributed by atoms with E-state index in [1.165, 1.54) is 0 Å². The molecule has 0 spiro atoms. The normalized spacial score (nSPS) is 12.3. The van der Waals surface area contributed by atoms with Crippen molar-refractivity contribution in [2.45, 2.75) is 25.3 Å². The van der Waals surface area contributed by atoms with Crippen LogP contribution >= 0.6 is 0 Å². The molecule has 0 radical (unpaired) electrons.